The standard InChI is InChI=1S/C21H16ClN3O6S/c1-3-30-20(27)17-11(2)23-21-24(18(17)13-6-4-5-7-14(13)22)19(26)15(32-21)10-12-8-9-16(31-12)25(28)29/h4-10,18H,3H2,1-2H3. The Kier molecular flexibility index (Phi) is 5.81. The number of esters is 1. The van der Waals surface area contributed by atoms with Gasteiger partial charge < -0.3 is 9.15 Å². The number of rotatable bonds is 5. The summed E-state index contributed by atoms with van der Waals surface area (Å²) < 4.78 is 12.0. The predicted octanol–water partition coefficient (Wildman–Crippen LogP) is 2.95. The number of hydrogen-bond donors (Lipinski definition) is 0. The fourth-order valence-electron chi connectivity index (χ4n) is 3.43. The van der Waals surface area contributed by atoms with Gasteiger partial charge in [0.1, 0.15) is 16.7 Å². The van der Waals surface area contributed by atoms with Gasteiger partial charge in [0.15, 0.2) is 4.80 Å². The highest BCUT2D eigenvalue weighted by atomic mass is 35.5. The number of furan rings is 1. The van der Waals surface area contributed by atoms with Gasteiger partial charge in [0, 0.05) is 11.1 Å². The topological polar surface area (TPSA) is 117 Å². The van der Waals surface area contributed by atoms with E-state index in [1.54, 1.807) is 38.1 Å². The van der Waals surface area contributed by atoms with Crippen LogP contribution in [0.15, 0.2) is 61.9 Å². The van der Waals surface area contributed by atoms with Crippen molar-refractivity contribution in [2.24, 2.45) is 4.99 Å². The van der Waals surface area contributed by atoms with Gasteiger partial charge in [-0.2, -0.15) is 0 Å². The van der Waals surface area contributed by atoms with Gasteiger partial charge >= 0.3 is 11.9 Å². The first-order chi connectivity index (χ1) is 15.3. The van der Waals surface area contributed by atoms with E-state index >= 15 is 0 Å². The van der Waals surface area contributed by atoms with Gasteiger partial charge in [-0.15, -0.1) is 0 Å². The molecule has 32 heavy (non-hydrogen) atoms. The lowest BCUT2D eigenvalue weighted by Crippen LogP contribution is -2.40. The molecular formula is C21H16ClN3O6S. The van der Waals surface area contributed by atoms with E-state index in [1.807, 2.05) is 0 Å². The SMILES string of the molecule is CCOC(=O)C1=C(C)N=c2sc(=Cc3ccc([N+](=O)[O-])o3)c(=O)n2C1c1ccccc1Cl. The molecule has 0 spiro atoms. The normalized spacial score (nSPS) is 16.0. The summed E-state index contributed by atoms with van der Waals surface area (Å²) in [5.74, 6) is -0.870. The highest BCUT2D eigenvalue weighted by Crippen LogP contribution is 2.34. The number of allylic oxidation sites excluding steroid dienone is 1. The molecule has 0 N–H and O–H groups in total. The zero-order chi connectivity index (χ0) is 23.0. The highest BCUT2D eigenvalue weighted by molar-refractivity contribution is 7.07. The molecular weight excluding hydrogens is 458 g/mol. The number of fused-ring (bicyclic) bond motifs is 1. The molecule has 0 fully saturated rings. The zero-order valence-corrected chi connectivity index (χ0v) is 18.5. The molecule has 1 atom stereocenters. The Hall–Kier alpha value is -3.50. The first kappa shape index (κ1) is 21.7. The van der Waals surface area contributed by atoms with Crippen molar-refractivity contribution in [1.29, 1.82) is 0 Å². The second-order valence-electron chi connectivity index (χ2n) is 6.76. The number of halogens is 1. The van der Waals surface area contributed by atoms with Crippen LogP contribution in [0, 0.1) is 10.1 Å². The fourth-order valence-corrected chi connectivity index (χ4v) is 4.70. The quantitative estimate of drug-likeness (QED) is 0.319. The van der Waals surface area contributed by atoms with Gasteiger partial charge in [0.05, 0.1) is 28.5 Å². The number of aromatic nitrogens is 1. The molecule has 164 valence electrons. The molecule has 1 aromatic carbocycles. The third-order valence-electron chi connectivity index (χ3n) is 4.78. The third-order valence-corrected chi connectivity index (χ3v) is 6.11. The molecule has 0 aliphatic carbocycles. The second-order valence-corrected chi connectivity index (χ2v) is 8.17. The molecule has 0 saturated heterocycles. The summed E-state index contributed by atoms with van der Waals surface area (Å²) in [4.78, 5) is 41.2. The molecule has 0 radical (unpaired) electrons. The van der Waals surface area contributed by atoms with Gasteiger partial charge in [0.2, 0.25) is 0 Å². The molecule has 3 heterocycles. The summed E-state index contributed by atoms with van der Waals surface area (Å²) in [7, 11) is 0. The summed E-state index contributed by atoms with van der Waals surface area (Å²) >= 11 is 7.51. The first-order valence-corrected chi connectivity index (χ1v) is 10.7. The molecule has 11 heteroatoms. The number of benzene rings is 1. The summed E-state index contributed by atoms with van der Waals surface area (Å²) in [6.45, 7) is 3.52. The minimum absolute atomic E-state index is 0.151. The van der Waals surface area contributed by atoms with Gasteiger partial charge in [-0.1, -0.05) is 41.1 Å². The minimum atomic E-state index is -0.841. The third kappa shape index (κ3) is 3.78. The summed E-state index contributed by atoms with van der Waals surface area (Å²) in [6.07, 6.45) is 1.41. The molecule has 9 nitrogen and oxygen atoms in total. The Bertz CT molecular complexity index is 1450. The van der Waals surface area contributed by atoms with Gasteiger partial charge in [-0.05, 0) is 31.5 Å². The lowest BCUT2D eigenvalue weighted by atomic mass is 9.96. The van der Waals surface area contributed by atoms with Crippen LogP contribution in [0.25, 0.3) is 6.08 Å². The Morgan fingerprint density at radius 3 is 2.78 bits per heavy atom. The Labute approximate surface area is 189 Å². The minimum Gasteiger partial charge on any atom is -0.463 e. The second kappa shape index (κ2) is 8.56. The molecule has 0 bridgehead atoms. The maximum atomic E-state index is 13.4. The molecule has 0 amide bonds. The number of ether oxygens (including phenoxy) is 1. The summed E-state index contributed by atoms with van der Waals surface area (Å²) in [5.41, 5.74) is 0.738. The van der Waals surface area contributed by atoms with Crippen LogP contribution in [0.1, 0.15) is 31.2 Å². The van der Waals surface area contributed by atoms with Gasteiger partial charge in [-0.3, -0.25) is 19.5 Å². The van der Waals surface area contributed by atoms with Crippen molar-refractivity contribution in [3.8, 4) is 0 Å². The maximum absolute atomic E-state index is 13.4. The van der Waals surface area contributed by atoms with Crippen molar-refractivity contribution in [1.82, 2.24) is 4.57 Å². The highest BCUT2D eigenvalue weighted by Gasteiger charge is 2.34. The smallest absolute Gasteiger partial charge is 0.433 e. The zero-order valence-electron chi connectivity index (χ0n) is 16.9. The van der Waals surface area contributed by atoms with Crippen molar-refractivity contribution in [3.05, 3.63) is 93.8 Å². The van der Waals surface area contributed by atoms with Crippen LogP contribution in [-0.4, -0.2) is 22.1 Å². The average molecular weight is 474 g/mol. The number of hydrogen-bond acceptors (Lipinski definition) is 8. The van der Waals surface area contributed by atoms with Crippen LogP contribution in [0.2, 0.25) is 5.02 Å². The van der Waals surface area contributed by atoms with Crippen molar-refractivity contribution < 1.29 is 18.9 Å². The van der Waals surface area contributed by atoms with Gasteiger partial charge in [-0.25, -0.2) is 9.79 Å². The van der Waals surface area contributed by atoms with E-state index in [0.717, 1.165) is 11.3 Å². The van der Waals surface area contributed by atoms with E-state index in [-0.39, 0.29) is 22.5 Å². The Morgan fingerprint density at radius 1 is 1.38 bits per heavy atom. The lowest BCUT2D eigenvalue weighted by Gasteiger charge is -2.25. The predicted molar refractivity (Wildman–Crippen MR) is 117 cm³/mol. The molecule has 1 aliphatic rings. The van der Waals surface area contributed by atoms with E-state index < -0.39 is 28.4 Å². The Balaban J connectivity index is 1.95. The number of carbonyl (C=O) groups is 1. The monoisotopic (exact) mass is 473 g/mol. The van der Waals surface area contributed by atoms with Crippen LogP contribution in [0.5, 0.6) is 0 Å². The van der Waals surface area contributed by atoms with Crippen molar-refractivity contribution in [3.63, 3.8) is 0 Å². The average Bonchev–Trinajstić information content (AvgIpc) is 3.33. The molecule has 1 aliphatic heterocycles. The number of nitrogens with zero attached hydrogens (tertiary/aromatic N) is 3. The first-order valence-electron chi connectivity index (χ1n) is 9.50. The van der Waals surface area contributed by atoms with Crippen molar-refractivity contribution in [2.75, 3.05) is 6.61 Å². The van der Waals surface area contributed by atoms with E-state index in [2.05, 4.69) is 4.99 Å². The molecule has 2 aromatic heterocycles. The van der Waals surface area contributed by atoms with Crippen LogP contribution in [0.4, 0.5) is 5.88 Å². The largest absolute Gasteiger partial charge is 0.463 e. The lowest BCUT2D eigenvalue weighted by molar-refractivity contribution is -0.402. The molecule has 0 saturated carbocycles. The van der Waals surface area contributed by atoms with Crippen LogP contribution in [0.3, 0.4) is 0 Å². The number of nitro groups is 1. The number of carbonyl (C=O) groups excluding carboxylic acids is 1. The van der Waals surface area contributed by atoms with Crippen molar-refractivity contribution in [2.45, 2.75) is 19.9 Å². The van der Waals surface area contributed by atoms with E-state index in [4.69, 9.17) is 20.8 Å². The fraction of sp³-hybridized carbons (Fsp3) is 0.190. The molecule has 1 unspecified atom stereocenters. The van der Waals surface area contributed by atoms with Crippen LogP contribution in [-0.2, 0) is 9.53 Å². The summed E-state index contributed by atoms with van der Waals surface area (Å²) in [6, 6.07) is 8.68. The molecule has 4 rings (SSSR count). The van der Waals surface area contributed by atoms with E-state index in [9.17, 15) is 19.7 Å². The van der Waals surface area contributed by atoms with Crippen molar-refractivity contribution >= 4 is 40.9 Å². The maximum Gasteiger partial charge on any atom is 0.433 e. The van der Waals surface area contributed by atoms with E-state index in [1.165, 1.54) is 22.8 Å². The van der Waals surface area contributed by atoms with Gasteiger partial charge in [0.25, 0.3) is 5.56 Å². The molecule has 3 aromatic rings. The Morgan fingerprint density at radius 2 is 2.12 bits per heavy atom. The number of thiazole rings is 1. The van der Waals surface area contributed by atoms with Crippen LogP contribution < -0.4 is 14.9 Å². The van der Waals surface area contributed by atoms with E-state index in [0.29, 0.717) is 21.1 Å². The summed E-state index contributed by atoms with van der Waals surface area (Å²) in [5, 5.41) is 11.3. The van der Waals surface area contributed by atoms with Crippen LogP contribution >= 0.6 is 22.9 Å².